The van der Waals surface area contributed by atoms with Gasteiger partial charge in [-0.15, -0.1) is 0 Å². The number of esters is 1. The number of aliphatic hydroxyl groups excluding tert-OH is 1. The van der Waals surface area contributed by atoms with Gasteiger partial charge in [0, 0.05) is 11.3 Å². The number of hydrogen-bond donors (Lipinski definition) is 1. The van der Waals surface area contributed by atoms with E-state index in [0.717, 1.165) is 25.0 Å². The molecule has 1 N–H and O–H groups in total. The molecule has 1 saturated carbocycles. The van der Waals surface area contributed by atoms with Gasteiger partial charge in [-0.05, 0) is 41.9 Å². The highest BCUT2D eigenvalue weighted by molar-refractivity contribution is 5.75. The maximum Gasteiger partial charge on any atom is 0.343 e. The minimum Gasteiger partial charge on any atom is -0.462 e. The summed E-state index contributed by atoms with van der Waals surface area (Å²) in [6.07, 6.45) is 1.28. The summed E-state index contributed by atoms with van der Waals surface area (Å²) in [5.41, 5.74) is 0.916. The first-order valence-electron chi connectivity index (χ1n) is 11.0. The molecule has 1 fully saturated rings. The summed E-state index contributed by atoms with van der Waals surface area (Å²) in [7, 11) is 0. The molecular weight excluding hydrogens is 376 g/mol. The lowest BCUT2D eigenvalue weighted by Gasteiger charge is -2.44. The van der Waals surface area contributed by atoms with Crippen LogP contribution in [0.4, 0.5) is 0 Å². The molecule has 30 heavy (non-hydrogen) atoms. The minimum absolute atomic E-state index is 0.138. The van der Waals surface area contributed by atoms with Crippen LogP contribution in [0.2, 0.25) is 0 Å². The summed E-state index contributed by atoms with van der Waals surface area (Å²) < 4.78 is 11.7. The molecule has 4 nitrogen and oxygen atoms in total. The van der Waals surface area contributed by atoms with Crippen LogP contribution in [0.25, 0.3) is 0 Å². The molecule has 1 aliphatic rings. The van der Waals surface area contributed by atoms with Crippen molar-refractivity contribution in [1.82, 2.24) is 0 Å². The lowest BCUT2D eigenvalue weighted by molar-refractivity contribution is -0.168. The molecule has 164 valence electrons. The average molecular weight is 413 g/mol. The molecule has 1 heterocycles. The van der Waals surface area contributed by atoms with Crippen LogP contribution >= 0.6 is 0 Å². The quantitative estimate of drug-likeness (QED) is 0.618. The standard InChI is InChI=1S/C26H36O4/c1-17-12-13-19(26(5,6)18-10-8-7-9-11-18)21(16-17)30-24(28)23(27)20-14-15-22(29-20)25(2,3)4/h7-11,14-15,17,19,21,23,27H,12-13,16H2,1-6H3/t17-,19-,21-,23-/m1/s1. The van der Waals surface area contributed by atoms with Gasteiger partial charge in [0.15, 0.2) is 0 Å². The van der Waals surface area contributed by atoms with Gasteiger partial charge in [-0.1, -0.05) is 78.3 Å². The fourth-order valence-electron chi connectivity index (χ4n) is 4.60. The van der Waals surface area contributed by atoms with Crippen molar-refractivity contribution in [2.45, 2.75) is 83.8 Å². The van der Waals surface area contributed by atoms with Gasteiger partial charge < -0.3 is 14.3 Å². The minimum atomic E-state index is -1.40. The molecule has 2 aromatic rings. The molecule has 0 radical (unpaired) electrons. The van der Waals surface area contributed by atoms with Crippen LogP contribution in [-0.4, -0.2) is 17.2 Å². The van der Waals surface area contributed by atoms with Gasteiger partial charge in [0.2, 0.25) is 6.10 Å². The summed E-state index contributed by atoms with van der Waals surface area (Å²) in [6.45, 7) is 12.7. The van der Waals surface area contributed by atoms with Gasteiger partial charge in [0.1, 0.15) is 17.6 Å². The van der Waals surface area contributed by atoms with E-state index in [1.165, 1.54) is 5.56 Å². The lowest BCUT2D eigenvalue weighted by atomic mass is 9.64. The highest BCUT2D eigenvalue weighted by Crippen LogP contribution is 2.44. The SMILES string of the molecule is C[C@@H]1CC[C@@H](C(C)(C)c2ccccc2)[C@H](OC(=O)[C@H](O)c2ccc(C(C)(C)C)o2)C1. The van der Waals surface area contributed by atoms with E-state index in [2.05, 4.69) is 45.0 Å². The molecule has 0 spiro atoms. The van der Waals surface area contributed by atoms with Crippen LogP contribution in [-0.2, 0) is 20.4 Å². The number of aliphatic hydroxyl groups is 1. The fourth-order valence-corrected chi connectivity index (χ4v) is 4.60. The molecule has 0 amide bonds. The van der Waals surface area contributed by atoms with Crippen LogP contribution in [0.15, 0.2) is 46.9 Å². The van der Waals surface area contributed by atoms with Crippen molar-refractivity contribution in [3.63, 3.8) is 0 Å². The summed E-state index contributed by atoms with van der Waals surface area (Å²) in [4.78, 5) is 12.9. The second-order valence-electron chi connectivity index (χ2n) is 10.4. The number of benzene rings is 1. The Morgan fingerprint density at radius 2 is 1.73 bits per heavy atom. The molecule has 3 rings (SSSR count). The van der Waals surface area contributed by atoms with Crippen LogP contribution in [0.5, 0.6) is 0 Å². The van der Waals surface area contributed by atoms with Crippen LogP contribution < -0.4 is 0 Å². The maximum absolute atomic E-state index is 12.9. The maximum atomic E-state index is 12.9. The summed E-state index contributed by atoms with van der Waals surface area (Å²) in [5.74, 6) is 1.03. The first-order valence-corrected chi connectivity index (χ1v) is 11.0. The zero-order valence-electron chi connectivity index (χ0n) is 19.1. The molecule has 4 heteroatoms. The fraction of sp³-hybridized carbons (Fsp3) is 0.577. The van der Waals surface area contributed by atoms with Gasteiger partial charge in [-0.2, -0.15) is 0 Å². The van der Waals surface area contributed by atoms with E-state index in [9.17, 15) is 9.90 Å². The smallest absolute Gasteiger partial charge is 0.343 e. The molecule has 4 atom stereocenters. The van der Waals surface area contributed by atoms with Crippen LogP contribution in [0.3, 0.4) is 0 Å². The Kier molecular flexibility index (Phi) is 6.47. The van der Waals surface area contributed by atoms with E-state index in [1.807, 2.05) is 32.9 Å². The number of hydrogen-bond acceptors (Lipinski definition) is 4. The van der Waals surface area contributed by atoms with E-state index < -0.39 is 12.1 Å². The Hall–Kier alpha value is -2.07. The van der Waals surface area contributed by atoms with Crippen LogP contribution in [0, 0.1) is 11.8 Å². The number of furan rings is 1. The molecule has 0 saturated heterocycles. The van der Waals surface area contributed by atoms with Gasteiger partial charge in [-0.25, -0.2) is 4.79 Å². The third kappa shape index (κ3) is 4.80. The third-order valence-electron chi connectivity index (χ3n) is 6.62. The van der Waals surface area contributed by atoms with Gasteiger partial charge in [0.05, 0.1) is 0 Å². The summed E-state index contributed by atoms with van der Waals surface area (Å²) in [5, 5.41) is 10.6. The number of ether oxygens (including phenoxy) is 1. The van der Waals surface area contributed by atoms with E-state index >= 15 is 0 Å². The average Bonchev–Trinajstić information content (AvgIpc) is 3.18. The normalized spacial score (nSPS) is 23.8. The van der Waals surface area contributed by atoms with Crippen molar-refractivity contribution in [2.75, 3.05) is 0 Å². The van der Waals surface area contributed by atoms with E-state index in [-0.39, 0.29) is 28.6 Å². The predicted molar refractivity (Wildman–Crippen MR) is 118 cm³/mol. The molecule has 1 aliphatic carbocycles. The summed E-state index contributed by atoms with van der Waals surface area (Å²) >= 11 is 0. The number of rotatable bonds is 5. The predicted octanol–water partition coefficient (Wildman–Crippen LogP) is 5.94. The lowest BCUT2D eigenvalue weighted by Crippen LogP contribution is -2.44. The van der Waals surface area contributed by atoms with E-state index in [4.69, 9.17) is 9.15 Å². The zero-order chi connectivity index (χ0) is 22.1. The van der Waals surface area contributed by atoms with Crippen molar-refractivity contribution < 1.29 is 19.1 Å². The van der Waals surface area contributed by atoms with Crippen molar-refractivity contribution in [2.24, 2.45) is 11.8 Å². The Morgan fingerprint density at radius 3 is 2.33 bits per heavy atom. The zero-order valence-corrected chi connectivity index (χ0v) is 19.1. The van der Waals surface area contributed by atoms with E-state index in [0.29, 0.717) is 5.92 Å². The first-order chi connectivity index (χ1) is 14.0. The highest BCUT2D eigenvalue weighted by Gasteiger charge is 2.42. The van der Waals surface area contributed by atoms with Crippen molar-refractivity contribution in [3.05, 3.63) is 59.5 Å². The third-order valence-corrected chi connectivity index (χ3v) is 6.62. The molecule has 0 bridgehead atoms. The van der Waals surface area contributed by atoms with Crippen molar-refractivity contribution in [3.8, 4) is 0 Å². The Balaban J connectivity index is 1.78. The van der Waals surface area contributed by atoms with E-state index in [1.54, 1.807) is 6.07 Å². The Bertz CT molecular complexity index is 843. The monoisotopic (exact) mass is 412 g/mol. The molecule has 0 unspecified atom stereocenters. The summed E-state index contributed by atoms with van der Waals surface area (Å²) in [6, 6.07) is 13.9. The van der Waals surface area contributed by atoms with Crippen LogP contribution in [0.1, 0.15) is 84.0 Å². The second kappa shape index (κ2) is 8.58. The largest absolute Gasteiger partial charge is 0.462 e. The first kappa shape index (κ1) is 22.6. The Morgan fingerprint density at radius 1 is 1.07 bits per heavy atom. The Labute approximate surface area is 180 Å². The molecule has 1 aromatic carbocycles. The number of carbonyl (C=O) groups is 1. The van der Waals surface area contributed by atoms with Crippen molar-refractivity contribution >= 4 is 5.97 Å². The van der Waals surface area contributed by atoms with Crippen molar-refractivity contribution in [1.29, 1.82) is 0 Å². The molecular formula is C26H36O4. The van der Waals surface area contributed by atoms with Gasteiger partial charge in [-0.3, -0.25) is 0 Å². The topological polar surface area (TPSA) is 59.7 Å². The van der Waals surface area contributed by atoms with Gasteiger partial charge in [0.25, 0.3) is 0 Å². The van der Waals surface area contributed by atoms with Gasteiger partial charge >= 0.3 is 5.97 Å². The number of carbonyl (C=O) groups excluding carboxylic acids is 1. The molecule has 1 aromatic heterocycles. The highest BCUT2D eigenvalue weighted by atomic mass is 16.6. The second-order valence-corrected chi connectivity index (χ2v) is 10.4. The molecule has 0 aliphatic heterocycles.